The molecule has 2 aromatic rings. The molecule has 0 amide bonds. The molecular weight excluding hydrogens is 230 g/mol. The second-order valence-corrected chi connectivity index (χ2v) is 5.76. The van der Waals surface area contributed by atoms with Crippen LogP contribution in [0.1, 0.15) is 31.0 Å². The van der Waals surface area contributed by atoms with Crippen molar-refractivity contribution < 1.29 is 0 Å². The molecule has 0 aromatic carbocycles. The fourth-order valence-electron chi connectivity index (χ4n) is 1.89. The zero-order valence-electron chi connectivity index (χ0n) is 10.5. The van der Waals surface area contributed by atoms with E-state index >= 15 is 0 Å². The summed E-state index contributed by atoms with van der Waals surface area (Å²) in [5.41, 5.74) is 0. The Morgan fingerprint density at radius 1 is 1.35 bits per heavy atom. The van der Waals surface area contributed by atoms with Gasteiger partial charge in [0.1, 0.15) is 12.2 Å². The summed E-state index contributed by atoms with van der Waals surface area (Å²) in [5.74, 6) is 1.76. The van der Waals surface area contributed by atoms with Crippen LogP contribution >= 0.6 is 11.3 Å². The van der Waals surface area contributed by atoms with Crippen LogP contribution < -0.4 is 0 Å². The Kier molecular flexibility index (Phi) is 4.31. The van der Waals surface area contributed by atoms with Gasteiger partial charge in [0, 0.05) is 17.8 Å². The van der Waals surface area contributed by atoms with Crippen LogP contribution in [0.25, 0.3) is 0 Å². The van der Waals surface area contributed by atoms with E-state index in [0.29, 0.717) is 5.92 Å². The zero-order valence-corrected chi connectivity index (χ0v) is 11.3. The molecule has 92 valence electrons. The molecule has 0 aliphatic carbocycles. The lowest BCUT2D eigenvalue weighted by atomic mass is 10.2. The van der Waals surface area contributed by atoms with Crippen LogP contribution in [0.4, 0.5) is 0 Å². The Morgan fingerprint density at radius 3 is 2.94 bits per heavy atom. The Bertz CT molecular complexity index is 431. The Hall–Kier alpha value is -1.16. The minimum absolute atomic E-state index is 0.641. The fraction of sp³-hybridized carbons (Fsp3) is 0.538. The molecule has 0 spiro atoms. The molecule has 0 radical (unpaired) electrons. The average Bonchev–Trinajstić information content (AvgIpc) is 2.90. The van der Waals surface area contributed by atoms with E-state index in [-0.39, 0.29) is 0 Å². The lowest BCUT2D eigenvalue weighted by Gasteiger charge is -2.08. The Labute approximate surface area is 107 Å². The number of nitrogens with zero attached hydrogens (tertiary/aromatic N) is 3. The Balaban J connectivity index is 1.84. The van der Waals surface area contributed by atoms with Gasteiger partial charge in [0.15, 0.2) is 0 Å². The molecule has 2 heterocycles. The van der Waals surface area contributed by atoms with Gasteiger partial charge in [-0.2, -0.15) is 0 Å². The maximum Gasteiger partial charge on any atom is 0.132 e. The van der Waals surface area contributed by atoms with Crippen molar-refractivity contribution in [2.24, 2.45) is 5.92 Å². The van der Waals surface area contributed by atoms with Gasteiger partial charge in [-0.1, -0.05) is 19.9 Å². The summed E-state index contributed by atoms with van der Waals surface area (Å²) in [4.78, 5) is 1.46. The third-order valence-corrected chi connectivity index (χ3v) is 3.60. The molecule has 0 saturated carbocycles. The summed E-state index contributed by atoms with van der Waals surface area (Å²) in [6, 6.07) is 4.31. The predicted octanol–water partition coefficient (Wildman–Crippen LogP) is 3.17. The molecule has 3 nitrogen and oxygen atoms in total. The van der Waals surface area contributed by atoms with Crippen molar-refractivity contribution in [3.8, 4) is 0 Å². The first kappa shape index (κ1) is 12.3. The van der Waals surface area contributed by atoms with E-state index in [1.807, 2.05) is 17.7 Å². The van der Waals surface area contributed by atoms with E-state index in [1.165, 1.54) is 4.88 Å². The molecule has 2 aromatic heterocycles. The first-order valence-corrected chi connectivity index (χ1v) is 7.02. The van der Waals surface area contributed by atoms with Crippen molar-refractivity contribution >= 4 is 11.3 Å². The van der Waals surface area contributed by atoms with Gasteiger partial charge in [0.2, 0.25) is 0 Å². The first-order valence-electron chi connectivity index (χ1n) is 6.15. The van der Waals surface area contributed by atoms with Gasteiger partial charge in [-0.25, -0.2) is 0 Å². The van der Waals surface area contributed by atoms with E-state index in [4.69, 9.17) is 0 Å². The molecule has 0 aliphatic heterocycles. The number of thiophene rings is 1. The van der Waals surface area contributed by atoms with Crippen molar-refractivity contribution in [2.45, 2.75) is 39.7 Å². The largest absolute Gasteiger partial charge is 0.317 e. The van der Waals surface area contributed by atoms with Crippen LogP contribution in [-0.2, 0) is 19.4 Å². The predicted molar refractivity (Wildman–Crippen MR) is 71.2 cm³/mol. The summed E-state index contributed by atoms with van der Waals surface area (Å²) in [7, 11) is 0. The summed E-state index contributed by atoms with van der Waals surface area (Å²) in [5, 5.41) is 10.3. The normalized spacial score (nSPS) is 11.2. The highest BCUT2D eigenvalue weighted by atomic mass is 32.1. The second kappa shape index (κ2) is 5.96. The van der Waals surface area contributed by atoms with E-state index in [0.717, 1.165) is 31.6 Å². The molecule has 0 N–H and O–H groups in total. The molecule has 4 heteroatoms. The minimum atomic E-state index is 0.641. The summed E-state index contributed by atoms with van der Waals surface area (Å²) in [6.07, 6.45) is 5.16. The summed E-state index contributed by atoms with van der Waals surface area (Å²) < 4.78 is 2.18. The topological polar surface area (TPSA) is 30.7 Å². The highest BCUT2D eigenvalue weighted by molar-refractivity contribution is 7.09. The average molecular weight is 249 g/mol. The third kappa shape index (κ3) is 3.66. The molecular formula is C13H19N3S. The lowest BCUT2D eigenvalue weighted by Crippen LogP contribution is -2.08. The van der Waals surface area contributed by atoms with Gasteiger partial charge in [-0.15, -0.1) is 21.5 Å². The van der Waals surface area contributed by atoms with E-state index < -0.39 is 0 Å². The molecule has 17 heavy (non-hydrogen) atoms. The number of rotatable bonds is 6. The fourth-order valence-corrected chi connectivity index (χ4v) is 2.65. The first-order chi connectivity index (χ1) is 8.25. The van der Waals surface area contributed by atoms with Crippen molar-refractivity contribution in [3.63, 3.8) is 0 Å². The van der Waals surface area contributed by atoms with Gasteiger partial charge >= 0.3 is 0 Å². The molecule has 2 rings (SSSR count). The van der Waals surface area contributed by atoms with Crippen molar-refractivity contribution in [1.29, 1.82) is 0 Å². The van der Waals surface area contributed by atoms with Crippen molar-refractivity contribution in [2.75, 3.05) is 0 Å². The van der Waals surface area contributed by atoms with E-state index in [9.17, 15) is 0 Å². The van der Waals surface area contributed by atoms with Gasteiger partial charge in [0.05, 0.1) is 0 Å². The number of hydrogen-bond acceptors (Lipinski definition) is 3. The standard InChI is InChI=1S/C13H19N3S/c1-11(2)9-16-10-14-15-13(16)7-3-5-12-6-4-8-17-12/h4,6,8,10-11H,3,5,7,9H2,1-2H3. The van der Waals surface area contributed by atoms with Crippen LogP contribution in [0.5, 0.6) is 0 Å². The molecule has 0 unspecified atom stereocenters. The van der Waals surface area contributed by atoms with Gasteiger partial charge < -0.3 is 4.57 Å². The van der Waals surface area contributed by atoms with Crippen molar-refractivity contribution in [3.05, 3.63) is 34.5 Å². The molecule has 0 aliphatic rings. The van der Waals surface area contributed by atoms with Gasteiger partial charge in [0.25, 0.3) is 0 Å². The number of hydrogen-bond donors (Lipinski definition) is 0. The Morgan fingerprint density at radius 2 is 2.24 bits per heavy atom. The molecule has 0 fully saturated rings. The maximum atomic E-state index is 4.20. The van der Waals surface area contributed by atoms with Crippen molar-refractivity contribution in [1.82, 2.24) is 14.8 Å². The second-order valence-electron chi connectivity index (χ2n) is 4.73. The quantitative estimate of drug-likeness (QED) is 0.787. The molecule has 0 bridgehead atoms. The number of aryl methyl sites for hydroxylation is 2. The lowest BCUT2D eigenvalue weighted by molar-refractivity contribution is 0.503. The third-order valence-electron chi connectivity index (χ3n) is 2.66. The monoisotopic (exact) mass is 249 g/mol. The summed E-state index contributed by atoms with van der Waals surface area (Å²) in [6.45, 7) is 5.45. The minimum Gasteiger partial charge on any atom is -0.317 e. The van der Waals surface area contributed by atoms with Crippen LogP contribution in [0, 0.1) is 5.92 Å². The molecule has 0 saturated heterocycles. The highest BCUT2D eigenvalue weighted by Crippen LogP contribution is 2.12. The maximum absolute atomic E-state index is 4.20. The van der Waals surface area contributed by atoms with Crippen LogP contribution in [0.2, 0.25) is 0 Å². The van der Waals surface area contributed by atoms with Crippen LogP contribution in [0.15, 0.2) is 23.8 Å². The zero-order chi connectivity index (χ0) is 12.1. The van der Waals surface area contributed by atoms with Crippen LogP contribution in [0.3, 0.4) is 0 Å². The number of aromatic nitrogens is 3. The molecule has 0 atom stereocenters. The smallest absolute Gasteiger partial charge is 0.132 e. The van der Waals surface area contributed by atoms with E-state index in [2.05, 4.69) is 46.1 Å². The van der Waals surface area contributed by atoms with E-state index in [1.54, 1.807) is 0 Å². The van der Waals surface area contributed by atoms with Gasteiger partial charge in [-0.3, -0.25) is 0 Å². The van der Waals surface area contributed by atoms with Crippen LogP contribution in [-0.4, -0.2) is 14.8 Å². The summed E-state index contributed by atoms with van der Waals surface area (Å²) >= 11 is 1.83. The van der Waals surface area contributed by atoms with Gasteiger partial charge in [-0.05, 0) is 30.2 Å². The SMILES string of the molecule is CC(C)Cn1cnnc1CCCc1cccs1. The highest BCUT2D eigenvalue weighted by Gasteiger charge is 2.05.